The number of alkyl halides is 3. The Labute approximate surface area is 204 Å². The molecule has 0 saturated heterocycles. The van der Waals surface area contributed by atoms with Crippen LogP contribution in [0.1, 0.15) is 32.9 Å². The smallest absolute Gasteiger partial charge is 0.416 e. The van der Waals surface area contributed by atoms with E-state index in [1.807, 2.05) is 6.07 Å². The third-order valence-corrected chi connectivity index (χ3v) is 6.94. The second kappa shape index (κ2) is 9.94. The fourth-order valence-corrected chi connectivity index (χ4v) is 4.75. The van der Waals surface area contributed by atoms with E-state index in [0.29, 0.717) is 23.7 Å². The standard InChI is InChI=1S/C25H20F3N3O4S/c1-16-22(15-36(33,34)21-6-2-5-20(12-21)25(26,27)28)31-24(35-16)19-9-7-18(8-10-19)23(32)30-14-17-4-3-11-29-13-17/h2-13H,14-15H2,1H3,(H,30,32). The summed E-state index contributed by atoms with van der Waals surface area (Å²) in [6, 6.07) is 13.5. The second-order valence-electron chi connectivity index (χ2n) is 7.93. The number of aromatic nitrogens is 2. The molecule has 0 atom stereocenters. The van der Waals surface area contributed by atoms with Crippen molar-refractivity contribution < 1.29 is 30.8 Å². The number of nitrogens with one attached hydrogen (secondary N) is 1. The third kappa shape index (κ3) is 5.80. The number of rotatable bonds is 7. The van der Waals surface area contributed by atoms with Gasteiger partial charge in [0.25, 0.3) is 5.91 Å². The molecule has 0 aliphatic carbocycles. The molecule has 0 bridgehead atoms. The number of pyridine rings is 1. The summed E-state index contributed by atoms with van der Waals surface area (Å²) in [7, 11) is -4.11. The number of halogens is 3. The minimum atomic E-state index is -4.66. The Morgan fingerprint density at radius 1 is 1.06 bits per heavy atom. The molecule has 0 unspecified atom stereocenters. The molecule has 0 aliphatic rings. The molecule has 0 saturated carbocycles. The van der Waals surface area contributed by atoms with Crippen molar-refractivity contribution in [3.05, 3.63) is 101 Å². The zero-order valence-electron chi connectivity index (χ0n) is 18.9. The van der Waals surface area contributed by atoms with Crippen molar-refractivity contribution >= 4 is 15.7 Å². The van der Waals surface area contributed by atoms with Gasteiger partial charge in [-0.3, -0.25) is 9.78 Å². The average molecular weight is 516 g/mol. The summed E-state index contributed by atoms with van der Waals surface area (Å²) in [5, 5.41) is 2.79. The Balaban J connectivity index is 1.48. The van der Waals surface area contributed by atoms with Crippen molar-refractivity contribution in [3.8, 4) is 11.5 Å². The first-order chi connectivity index (χ1) is 17.0. The molecule has 4 rings (SSSR count). The van der Waals surface area contributed by atoms with Gasteiger partial charge in [0.2, 0.25) is 5.89 Å². The Morgan fingerprint density at radius 2 is 1.81 bits per heavy atom. The van der Waals surface area contributed by atoms with Gasteiger partial charge in [-0.1, -0.05) is 12.1 Å². The average Bonchev–Trinajstić information content (AvgIpc) is 3.22. The molecule has 7 nitrogen and oxygen atoms in total. The van der Waals surface area contributed by atoms with Gasteiger partial charge in [-0.15, -0.1) is 0 Å². The van der Waals surface area contributed by atoms with Gasteiger partial charge >= 0.3 is 6.18 Å². The molecule has 186 valence electrons. The van der Waals surface area contributed by atoms with Gasteiger partial charge in [-0.25, -0.2) is 13.4 Å². The maximum absolute atomic E-state index is 13.0. The Kier molecular flexibility index (Phi) is 6.93. The van der Waals surface area contributed by atoms with Crippen molar-refractivity contribution in [1.29, 1.82) is 0 Å². The van der Waals surface area contributed by atoms with Gasteiger partial charge in [-0.2, -0.15) is 13.2 Å². The maximum Gasteiger partial charge on any atom is 0.416 e. The highest BCUT2D eigenvalue weighted by Gasteiger charge is 2.32. The molecular formula is C25H20F3N3O4S. The van der Waals surface area contributed by atoms with Gasteiger partial charge in [0, 0.05) is 30.1 Å². The van der Waals surface area contributed by atoms with Crippen LogP contribution < -0.4 is 5.32 Å². The minimum Gasteiger partial charge on any atom is -0.441 e. The predicted molar refractivity (Wildman–Crippen MR) is 124 cm³/mol. The van der Waals surface area contributed by atoms with E-state index in [1.165, 1.54) is 6.92 Å². The van der Waals surface area contributed by atoms with Crippen molar-refractivity contribution in [3.63, 3.8) is 0 Å². The first-order valence-corrected chi connectivity index (χ1v) is 12.3. The van der Waals surface area contributed by atoms with E-state index in [-0.39, 0.29) is 23.3 Å². The number of hydrogen-bond acceptors (Lipinski definition) is 6. The number of carbonyl (C=O) groups excluding carboxylic acids is 1. The summed E-state index contributed by atoms with van der Waals surface area (Å²) < 4.78 is 70.1. The summed E-state index contributed by atoms with van der Waals surface area (Å²) in [6.07, 6.45) is -1.37. The molecule has 0 fully saturated rings. The van der Waals surface area contributed by atoms with Crippen LogP contribution in [0, 0.1) is 6.92 Å². The topological polar surface area (TPSA) is 102 Å². The molecule has 2 aromatic carbocycles. The summed E-state index contributed by atoms with van der Waals surface area (Å²) >= 11 is 0. The number of aryl methyl sites for hydroxylation is 1. The molecule has 1 amide bonds. The lowest BCUT2D eigenvalue weighted by Crippen LogP contribution is -2.22. The summed E-state index contributed by atoms with van der Waals surface area (Å²) in [6.45, 7) is 1.84. The van der Waals surface area contributed by atoms with Crippen LogP contribution in [0.3, 0.4) is 0 Å². The van der Waals surface area contributed by atoms with E-state index in [1.54, 1.807) is 42.7 Å². The first kappa shape index (κ1) is 25.1. The second-order valence-corrected chi connectivity index (χ2v) is 9.92. The molecule has 11 heteroatoms. The van der Waals surface area contributed by atoms with Crippen LogP contribution in [0.5, 0.6) is 0 Å². The fourth-order valence-electron chi connectivity index (χ4n) is 3.37. The Bertz CT molecular complexity index is 1480. The fraction of sp³-hybridized carbons (Fsp3) is 0.160. The van der Waals surface area contributed by atoms with E-state index in [9.17, 15) is 26.4 Å². The minimum absolute atomic E-state index is 0.0840. The number of sulfone groups is 1. The SMILES string of the molecule is Cc1oc(-c2ccc(C(=O)NCc3cccnc3)cc2)nc1CS(=O)(=O)c1cccc(C(F)(F)F)c1. The lowest BCUT2D eigenvalue weighted by molar-refractivity contribution is -0.137. The third-order valence-electron chi connectivity index (χ3n) is 5.31. The molecule has 0 spiro atoms. The Morgan fingerprint density at radius 3 is 2.47 bits per heavy atom. The maximum atomic E-state index is 13.0. The van der Waals surface area contributed by atoms with Gasteiger partial charge in [0.1, 0.15) is 11.5 Å². The van der Waals surface area contributed by atoms with Crippen LogP contribution in [0.15, 0.2) is 82.4 Å². The van der Waals surface area contributed by atoms with Crippen molar-refractivity contribution in [2.45, 2.75) is 30.3 Å². The van der Waals surface area contributed by atoms with Crippen LogP contribution in [-0.4, -0.2) is 24.3 Å². The largest absolute Gasteiger partial charge is 0.441 e. The van der Waals surface area contributed by atoms with Crippen molar-refractivity contribution in [2.75, 3.05) is 0 Å². The molecule has 1 N–H and O–H groups in total. The van der Waals surface area contributed by atoms with Crippen molar-refractivity contribution in [1.82, 2.24) is 15.3 Å². The van der Waals surface area contributed by atoms with E-state index >= 15 is 0 Å². The first-order valence-electron chi connectivity index (χ1n) is 10.7. The van der Waals surface area contributed by atoms with E-state index < -0.39 is 32.2 Å². The lowest BCUT2D eigenvalue weighted by atomic mass is 10.1. The lowest BCUT2D eigenvalue weighted by Gasteiger charge is -2.09. The number of benzene rings is 2. The molecule has 0 radical (unpaired) electrons. The molecule has 36 heavy (non-hydrogen) atoms. The zero-order chi connectivity index (χ0) is 25.9. The number of oxazole rings is 1. The van der Waals surface area contributed by atoms with Gasteiger partial charge < -0.3 is 9.73 Å². The van der Waals surface area contributed by atoms with Gasteiger partial charge in [0.15, 0.2) is 9.84 Å². The summed E-state index contributed by atoms with van der Waals surface area (Å²) in [5.74, 6) is -0.567. The highest BCUT2D eigenvalue weighted by atomic mass is 32.2. The molecular weight excluding hydrogens is 495 g/mol. The van der Waals surface area contributed by atoms with Crippen LogP contribution in [0.2, 0.25) is 0 Å². The van der Waals surface area contributed by atoms with Crippen LogP contribution >= 0.6 is 0 Å². The number of carbonyl (C=O) groups is 1. The summed E-state index contributed by atoms with van der Waals surface area (Å²) in [4.78, 5) is 20.2. The van der Waals surface area contributed by atoms with Crippen molar-refractivity contribution in [2.24, 2.45) is 0 Å². The Hall–Kier alpha value is -3.99. The highest BCUT2D eigenvalue weighted by Crippen LogP contribution is 2.31. The normalized spacial score (nSPS) is 11.9. The molecule has 4 aromatic rings. The van der Waals surface area contributed by atoms with Crippen LogP contribution in [0.4, 0.5) is 13.2 Å². The van der Waals surface area contributed by atoms with Crippen LogP contribution in [-0.2, 0) is 28.3 Å². The number of nitrogens with zero attached hydrogens (tertiary/aromatic N) is 2. The molecule has 2 heterocycles. The monoisotopic (exact) mass is 515 g/mol. The molecule has 2 aromatic heterocycles. The number of hydrogen-bond donors (Lipinski definition) is 1. The van der Waals surface area contributed by atoms with E-state index in [0.717, 1.165) is 23.8 Å². The summed E-state index contributed by atoms with van der Waals surface area (Å²) in [5.41, 5.74) is 0.791. The quantitative estimate of drug-likeness (QED) is 0.373. The predicted octanol–water partition coefficient (Wildman–Crippen LogP) is 4.97. The number of amides is 1. The van der Waals surface area contributed by atoms with Gasteiger partial charge in [0.05, 0.1) is 16.2 Å². The zero-order valence-corrected chi connectivity index (χ0v) is 19.7. The van der Waals surface area contributed by atoms with Crippen LogP contribution in [0.25, 0.3) is 11.5 Å². The van der Waals surface area contributed by atoms with Gasteiger partial charge in [-0.05, 0) is 61.0 Å². The molecule has 0 aliphatic heterocycles. The van der Waals surface area contributed by atoms with E-state index in [2.05, 4.69) is 15.3 Å². The highest BCUT2D eigenvalue weighted by molar-refractivity contribution is 7.90. The van der Waals surface area contributed by atoms with E-state index in [4.69, 9.17) is 4.42 Å².